The lowest BCUT2D eigenvalue weighted by Gasteiger charge is -2.11. The van der Waals surface area contributed by atoms with E-state index in [0.717, 1.165) is 26.5 Å². The lowest BCUT2D eigenvalue weighted by atomic mass is 10.0. The molecule has 0 saturated carbocycles. The SMILES string of the molecule is CCOc1cc(C=NNC(=O)c2[nH]c3ccc(Br)cc3c2-c2ccccc2)ccc1OC(=O)c1ccc(Cl)cc1. The molecule has 5 rings (SSSR count). The van der Waals surface area contributed by atoms with Gasteiger partial charge >= 0.3 is 5.97 Å². The van der Waals surface area contributed by atoms with Gasteiger partial charge < -0.3 is 14.5 Å². The number of benzene rings is 4. The predicted octanol–water partition coefficient (Wildman–Crippen LogP) is 7.63. The molecular weight excluding hydrogens is 594 g/mol. The van der Waals surface area contributed by atoms with Gasteiger partial charge in [-0.1, -0.05) is 57.9 Å². The Hall–Kier alpha value is -4.40. The Morgan fingerprint density at radius 2 is 1.75 bits per heavy atom. The smallest absolute Gasteiger partial charge is 0.343 e. The number of halogens is 2. The van der Waals surface area contributed by atoms with Crippen LogP contribution in [0.5, 0.6) is 11.5 Å². The molecule has 5 aromatic rings. The lowest BCUT2D eigenvalue weighted by Crippen LogP contribution is -2.18. The zero-order valence-corrected chi connectivity index (χ0v) is 23.6. The highest BCUT2D eigenvalue weighted by Crippen LogP contribution is 2.34. The molecule has 0 bridgehead atoms. The fourth-order valence-electron chi connectivity index (χ4n) is 4.16. The van der Waals surface area contributed by atoms with Crippen molar-refractivity contribution in [2.45, 2.75) is 6.92 Å². The molecule has 0 saturated heterocycles. The second-order valence-corrected chi connectivity index (χ2v) is 10.0. The van der Waals surface area contributed by atoms with Crippen molar-refractivity contribution in [2.75, 3.05) is 6.61 Å². The molecule has 1 aromatic heterocycles. The van der Waals surface area contributed by atoms with E-state index in [9.17, 15) is 9.59 Å². The maximum absolute atomic E-state index is 13.2. The van der Waals surface area contributed by atoms with Crippen molar-refractivity contribution < 1.29 is 19.1 Å². The average Bonchev–Trinajstić information content (AvgIpc) is 3.34. The number of aromatic nitrogens is 1. The van der Waals surface area contributed by atoms with E-state index in [1.54, 1.807) is 42.5 Å². The van der Waals surface area contributed by atoms with Gasteiger partial charge in [0.05, 0.1) is 18.4 Å². The largest absolute Gasteiger partial charge is 0.490 e. The number of nitrogens with one attached hydrogen (secondary N) is 2. The number of amides is 1. The summed E-state index contributed by atoms with van der Waals surface area (Å²) in [5.41, 5.74) is 6.54. The summed E-state index contributed by atoms with van der Waals surface area (Å²) in [7, 11) is 0. The van der Waals surface area contributed by atoms with Gasteiger partial charge in [-0.05, 0) is 78.7 Å². The van der Waals surface area contributed by atoms with Crippen molar-refractivity contribution in [1.82, 2.24) is 10.4 Å². The second kappa shape index (κ2) is 12.2. The molecule has 4 aromatic carbocycles. The molecular formula is C31H23BrClN3O4. The zero-order chi connectivity index (χ0) is 28.1. The van der Waals surface area contributed by atoms with E-state index in [1.165, 1.54) is 6.21 Å². The topological polar surface area (TPSA) is 92.8 Å². The van der Waals surface area contributed by atoms with Crippen LogP contribution < -0.4 is 14.9 Å². The molecule has 0 spiro atoms. The second-order valence-electron chi connectivity index (χ2n) is 8.67. The number of aromatic amines is 1. The molecule has 40 heavy (non-hydrogen) atoms. The van der Waals surface area contributed by atoms with Crippen LogP contribution in [0.25, 0.3) is 22.0 Å². The third-order valence-corrected chi connectivity index (χ3v) is 6.73. The molecule has 0 unspecified atom stereocenters. The van der Waals surface area contributed by atoms with Crippen molar-refractivity contribution >= 4 is 56.5 Å². The van der Waals surface area contributed by atoms with Gasteiger partial charge in [-0.15, -0.1) is 0 Å². The van der Waals surface area contributed by atoms with Crippen molar-refractivity contribution in [1.29, 1.82) is 0 Å². The van der Waals surface area contributed by atoms with E-state index in [2.05, 4.69) is 31.4 Å². The quantitative estimate of drug-likeness (QED) is 0.0811. The molecule has 0 aliphatic heterocycles. The number of carbonyl (C=O) groups excluding carboxylic acids is 2. The van der Waals surface area contributed by atoms with Gasteiger partial charge in [-0.25, -0.2) is 10.2 Å². The molecule has 9 heteroatoms. The molecule has 0 radical (unpaired) electrons. The third kappa shape index (κ3) is 6.09. The van der Waals surface area contributed by atoms with Crippen LogP contribution in [0.3, 0.4) is 0 Å². The summed E-state index contributed by atoms with van der Waals surface area (Å²) in [6.07, 6.45) is 1.49. The summed E-state index contributed by atoms with van der Waals surface area (Å²) in [5.74, 6) is -0.292. The molecule has 0 aliphatic carbocycles. The number of rotatable bonds is 8. The summed E-state index contributed by atoms with van der Waals surface area (Å²) in [4.78, 5) is 29.0. The number of fused-ring (bicyclic) bond motifs is 1. The molecule has 200 valence electrons. The van der Waals surface area contributed by atoms with Crippen molar-refractivity contribution in [2.24, 2.45) is 5.10 Å². The number of ether oxygens (including phenoxy) is 2. The van der Waals surface area contributed by atoms with Crippen molar-refractivity contribution in [3.05, 3.63) is 117 Å². The first-order valence-electron chi connectivity index (χ1n) is 12.4. The average molecular weight is 617 g/mol. The van der Waals surface area contributed by atoms with E-state index >= 15 is 0 Å². The van der Waals surface area contributed by atoms with Crippen LogP contribution in [0, 0.1) is 0 Å². The minimum absolute atomic E-state index is 0.264. The van der Waals surface area contributed by atoms with Gasteiger partial charge in [-0.2, -0.15) is 5.10 Å². The number of esters is 1. The van der Waals surface area contributed by atoms with E-state index in [0.29, 0.717) is 34.2 Å². The molecule has 0 fully saturated rings. The maximum Gasteiger partial charge on any atom is 0.343 e. The summed E-state index contributed by atoms with van der Waals surface area (Å²) in [5, 5.41) is 5.60. The summed E-state index contributed by atoms with van der Waals surface area (Å²) >= 11 is 9.42. The number of hydrogen-bond donors (Lipinski definition) is 2. The highest BCUT2D eigenvalue weighted by Gasteiger charge is 2.19. The Morgan fingerprint density at radius 3 is 2.50 bits per heavy atom. The zero-order valence-electron chi connectivity index (χ0n) is 21.3. The minimum Gasteiger partial charge on any atom is -0.490 e. The van der Waals surface area contributed by atoms with Gasteiger partial charge in [-0.3, -0.25) is 4.79 Å². The molecule has 0 atom stereocenters. The molecule has 2 N–H and O–H groups in total. The van der Waals surface area contributed by atoms with Crippen LogP contribution in [-0.4, -0.2) is 29.7 Å². The van der Waals surface area contributed by atoms with Gasteiger partial charge in [0.2, 0.25) is 0 Å². The maximum atomic E-state index is 13.2. The third-order valence-electron chi connectivity index (χ3n) is 5.98. The number of hydrazone groups is 1. The Labute approximate surface area is 243 Å². The Balaban J connectivity index is 1.35. The highest BCUT2D eigenvalue weighted by atomic mass is 79.9. The van der Waals surface area contributed by atoms with Crippen LogP contribution in [0.15, 0.2) is 101 Å². The first kappa shape index (κ1) is 27.2. The number of hydrogen-bond acceptors (Lipinski definition) is 5. The Morgan fingerprint density at radius 1 is 0.975 bits per heavy atom. The fraction of sp³-hybridized carbons (Fsp3) is 0.0645. The minimum atomic E-state index is -0.536. The molecule has 0 aliphatic rings. The fourth-order valence-corrected chi connectivity index (χ4v) is 4.65. The molecule has 1 heterocycles. The molecule has 1 amide bonds. The van der Waals surface area contributed by atoms with E-state index in [-0.39, 0.29) is 11.7 Å². The van der Waals surface area contributed by atoms with Crippen LogP contribution in [0.1, 0.15) is 33.3 Å². The first-order chi connectivity index (χ1) is 19.4. The van der Waals surface area contributed by atoms with Crippen molar-refractivity contribution in [3.63, 3.8) is 0 Å². The predicted molar refractivity (Wildman–Crippen MR) is 161 cm³/mol. The first-order valence-corrected chi connectivity index (χ1v) is 13.5. The van der Waals surface area contributed by atoms with Crippen LogP contribution in [0.4, 0.5) is 0 Å². The summed E-state index contributed by atoms with van der Waals surface area (Å²) in [6, 6.07) is 26.9. The van der Waals surface area contributed by atoms with Crippen molar-refractivity contribution in [3.8, 4) is 22.6 Å². The van der Waals surface area contributed by atoms with Gasteiger partial charge in [0.25, 0.3) is 5.91 Å². The van der Waals surface area contributed by atoms with E-state index in [1.807, 2.05) is 55.5 Å². The number of H-pyrrole nitrogens is 1. The standard InChI is InChI=1S/C31H23BrClN3O4/c1-2-39-27-16-19(8-15-26(27)40-31(38)21-9-12-23(33)13-10-21)18-34-36-30(37)29-28(20-6-4-3-5-7-20)24-17-22(32)11-14-25(24)35-29/h3-18,35H,2H2,1H3,(H,36,37). The summed E-state index contributed by atoms with van der Waals surface area (Å²) in [6.45, 7) is 2.19. The monoisotopic (exact) mass is 615 g/mol. The van der Waals surface area contributed by atoms with Gasteiger partial charge in [0.15, 0.2) is 11.5 Å². The van der Waals surface area contributed by atoms with Crippen LogP contribution in [-0.2, 0) is 0 Å². The van der Waals surface area contributed by atoms with Crippen LogP contribution in [0.2, 0.25) is 5.02 Å². The highest BCUT2D eigenvalue weighted by molar-refractivity contribution is 9.10. The molecule has 7 nitrogen and oxygen atoms in total. The van der Waals surface area contributed by atoms with E-state index < -0.39 is 5.97 Å². The van der Waals surface area contributed by atoms with Gasteiger partial charge in [0.1, 0.15) is 5.69 Å². The Bertz CT molecular complexity index is 1720. The lowest BCUT2D eigenvalue weighted by molar-refractivity contribution is 0.0728. The number of carbonyl (C=O) groups is 2. The van der Waals surface area contributed by atoms with Crippen LogP contribution >= 0.6 is 27.5 Å². The Kier molecular flexibility index (Phi) is 8.28. The normalized spacial score (nSPS) is 11.1. The van der Waals surface area contributed by atoms with E-state index in [4.69, 9.17) is 21.1 Å². The number of nitrogens with zero attached hydrogens (tertiary/aromatic N) is 1. The van der Waals surface area contributed by atoms with Gasteiger partial charge in [0, 0.05) is 26.0 Å². The summed E-state index contributed by atoms with van der Waals surface area (Å²) < 4.78 is 12.1.